The first kappa shape index (κ1) is 14.8. The molecule has 0 amide bonds. The van der Waals surface area contributed by atoms with Crippen molar-refractivity contribution in [2.24, 2.45) is 10.1 Å². The van der Waals surface area contributed by atoms with Gasteiger partial charge in [-0.3, -0.25) is 5.43 Å². The number of aromatic nitrogens is 1. The number of hydrazone groups is 1. The van der Waals surface area contributed by atoms with Crippen molar-refractivity contribution in [2.75, 3.05) is 5.75 Å². The monoisotopic (exact) mass is 310 g/mol. The van der Waals surface area contributed by atoms with Crippen LogP contribution in [0, 0.1) is 20.8 Å². The molecule has 0 unspecified atom stereocenters. The normalized spacial score (nSPS) is 16.3. The van der Waals surface area contributed by atoms with Gasteiger partial charge in [0.2, 0.25) is 0 Å². The molecule has 1 N–H and O–H groups in total. The molecule has 1 aromatic carbocycles. The number of aliphatic imine (C=N–C) groups is 1. The van der Waals surface area contributed by atoms with Gasteiger partial charge in [-0.05, 0) is 55.7 Å². The maximum atomic E-state index is 4.50. The summed E-state index contributed by atoms with van der Waals surface area (Å²) in [6.07, 6.45) is 1.74. The Morgan fingerprint density at radius 2 is 1.91 bits per heavy atom. The van der Waals surface area contributed by atoms with Gasteiger partial charge in [0.05, 0.1) is 5.71 Å². The highest BCUT2D eigenvalue weighted by molar-refractivity contribution is 8.14. The van der Waals surface area contributed by atoms with E-state index in [9.17, 15) is 0 Å². The first-order valence-electron chi connectivity index (χ1n) is 7.17. The van der Waals surface area contributed by atoms with Crippen molar-refractivity contribution in [1.29, 1.82) is 0 Å². The maximum absolute atomic E-state index is 4.50. The molecule has 0 saturated heterocycles. The summed E-state index contributed by atoms with van der Waals surface area (Å²) in [4.78, 5) is 8.65. The lowest BCUT2D eigenvalue weighted by Gasteiger charge is -2.17. The quantitative estimate of drug-likeness (QED) is 0.919. The minimum Gasteiger partial charge on any atom is -0.255 e. The van der Waals surface area contributed by atoms with Crippen molar-refractivity contribution in [3.05, 3.63) is 58.8 Å². The van der Waals surface area contributed by atoms with Crippen molar-refractivity contribution in [3.8, 4) is 0 Å². The highest BCUT2D eigenvalue weighted by Gasteiger charge is 2.15. The molecule has 0 aliphatic carbocycles. The molecule has 0 saturated carbocycles. The van der Waals surface area contributed by atoms with Crippen LogP contribution in [0.15, 0.2) is 46.6 Å². The van der Waals surface area contributed by atoms with E-state index >= 15 is 0 Å². The molecule has 0 bridgehead atoms. The van der Waals surface area contributed by atoms with Gasteiger partial charge in [-0.15, -0.1) is 0 Å². The second-order valence-corrected chi connectivity index (χ2v) is 6.28. The third-order valence-electron chi connectivity index (χ3n) is 3.65. The average Bonchev–Trinajstić information content (AvgIpc) is 2.53. The maximum Gasteiger partial charge on any atom is 0.184 e. The van der Waals surface area contributed by atoms with Crippen LogP contribution in [0.4, 0.5) is 5.82 Å². The molecule has 112 valence electrons. The van der Waals surface area contributed by atoms with Crippen LogP contribution >= 0.6 is 11.8 Å². The zero-order valence-electron chi connectivity index (χ0n) is 12.9. The first-order valence-corrected chi connectivity index (χ1v) is 8.15. The summed E-state index contributed by atoms with van der Waals surface area (Å²) < 4.78 is 0. The Morgan fingerprint density at radius 1 is 1.09 bits per heavy atom. The van der Waals surface area contributed by atoms with Gasteiger partial charge in [-0.1, -0.05) is 23.9 Å². The number of hydrogen-bond donors (Lipinski definition) is 1. The molecular weight excluding hydrogens is 292 g/mol. The molecule has 0 fully saturated rings. The highest BCUT2D eigenvalue weighted by Crippen LogP contribution is 2.21. The molecule has 1 aromatic heterocycles. The minimum absolute atomic E-state index is 0.693. The van der Waals surface area contributed by atoms with Gasteiger partial charge in [0.15, 0.2) is 11.0 Å². The molecule has 22 heavy (non-hydrogen) atoms. The van der Waals surface area contributed by atoms with Crippen molar-refractivity contribution >= 4 is 28.5 Å². The van der Waals surface area contributed by atoms with Crippen LogP contribution in [-0.4, -0.2) is 21.6 Å². The Hall–Kier alpha value is -2.14. The fraction of sp³-hybridized carbons (Fsp3) is 0.235. The van der Waals surface area contributed by atoms with E-state index in [1.165, 1.54) is 22.3 Å². The molecule has 1 aliphatic rings. The lowest BCUT2D eigenvalue weighted by molar-refractivity contribution is 1.03. The molecule has 4 nitrogen and oxygen atoms in total. The summed E-state index contributed by atoms with van der Waals surface area (Å²) in [6.45, 7) is 6.40. The summed E-state index contributed by atoms with van der Waals surface area (Å²) in [7, 11) is 0. The fourth-order valence-corrected chi connectivity index (χ4v) is 3.07. The van der Waals surface area contributed by atoms with Crippen molar-refractivity contribution in [2.45, 2.75) is 20.8 Å². The fourth-order valence-electron chi connectivity index (χ4n) is 2.31. The van der Waals surface area contributed by atoms with E-state index in [0.717, 1.165) is 16.6 Å². The van der Waals surface area contributed by atoms with Gasteiger partial charge in [0.1, 0.15) is 0 Å². The van der Waals surface area contributed by atoms with Crippen LogP contribution in [0.3, 0.4) is 0 Å². The summed E-state index contributed by atoms with van der Waals surface area (Å²) in [5.41, 5.74) is 9.17. The van der Waals surface area contributed by atoms with Gasteiger partial charge in [-0.2, -0.15) is 5.10 Å². The lowest BCUT2D eigenvalue weighted by Crippen LogP contribution is -2.25. The SMILES string of the molecule is Cc1cc(C)c(C2=NNC(=Nc3ccccn3)SC2)cc1C. The van der Waals surface area contributed by atoms with Crippen LogP contribution in [0.5, 0.6) is 0 Å². The molecule has 3 rings (SSSR count). The number of hydrogen-bond acceptors (Lipinski definition) is 4. The number of nitrogens with one attached hydrogen (secondary N) is 1. The molecule has 5 heteroatoms. The largest absolute Gasteiger partial charge is 0.255 e. The van der Waals surface area contributed by atoms with Gasteiger partial charge >= 0.3 is 0 Å². The van der Waals surface area contributed by atoms with Crippen molar-refractivity contribution in [3.63, 3.8) is 0 Å². The summed E-state index contributed by atoms with van der Waals surface area (Å²) >= 11 is 1.65. The minimum atomic E-state index is 0.693. The molecular formula is C17H18N4S. The second-order valence-electron chi connectivity index (χ2n) is 5.32. The van der Waals surface area contributed by atoms with E-state index in [1.807, 2.05) is 18.2 Å². The van der Waals surface area contributed by atoms with Gasteiger partial charge in [0, 0.05) is 17.5 Å². The molecule has 0 atom stereocenters. The van der Waals surface area contributed by atoms with Gasteiger partial charge in [-0.25, -0.2) is 9.98 Å². The number of rotatable bonds is 2. The third kappa shape index (κ3) is 3.20. The van der Waals surface area contributed by atoms with E-state index in [2.05, 4.69) is 53.4 Å². The highest BCUT2D eigenvalue weighted by atomic mass is 32.2. The van der Waals surface area contributed by atoms with E-state index in [-0.39, 0.29) is 0 Å². The molecule has 0 spiro atoms. The predicted molar refractivity (Wildman–Crippen MR) is 94.1 cm³/mol. The number of amidine groups is 1. The number of aryl methyl sites for hydroxylation is 3. The average molecular weight is 310 g/mol. The Labute approximate surface area is 134 Å². The third-order valence-corrected chi connectivity index (χ3v) is 4.52. The Morgan fingerprint density at radius 3 is 2.59 bits per heavy atom. The molecule has 2 heterocycles. The van der Waals surface area contributed by atoms with Crippen LogP contribution in [0.1, 0.15) is 22.3 Å². The lowest BCUT2D eigenvalue weighted by atomic mass is 9.98. The van der Waals surface area contributed by atoms with Crippen LogP contribution in [0.25, 0.3) is 0 Å². The number of benzene rings is 1. The smallest absolute Gasteiger partial charge is 0.184 e. The summed E-state index contributed by atoms with van der Waals surface area (Å²) in [5, 5.41) is 5.28. The first-order chi connectivity index (χ1) is 10.6. The zero-order valence-corrected chi connectivity index (χ0v) is 13.7. The molecule has 2 aromatic rings. The van der Waals surface area contributed by atoms with Crippen LogP contribution in [0.2, 0.25) is 0 Å². The Kier molecular flexibility index (Phi) is 4.24. The standard InChI is InChI=1S/C17H18N4S/c1-11-8-13(3)14(9-12(11)2)15-10-22-17(21-20-15)19-16-6-4-5-7-18-16/h4-9H,10H2,1-3H3,(H,18,19,21). The summed E-state index contributed by atoms with van der Waals surface area (Å²) in [5.74, 6) is 1.50. The van der Waals surface area contributed by atoms with E-state index < -0.39 is 0 Å². The Balaban J connectivity index is 1.82. The van der Waals surface area contributed by atoms with Crippen LogP contribution < -0.4 is 5.43 Å². The van der Waals surface area contributed by atoms with E-state index in [0.29, 0.717) is 5.82 Å². The molecule has 1 aliphatic heterocycles. The summed E-state index contributed by atoms with van der Waals surface area (Å²) in [6, 6.07) is 10.1. The topological polar surface area (TPSA) is 49.6 Å². The van der Waals surface area contributed by atoms with Gasteiger partial charge < -0.3 is 0 Å². The zero-order chi connectivity index (χ0) is 15.5. The number of nitrogens with zero attached hydrogens (tertiary/aromatic N) is 3. The van der Waals surface area contributed by atoms with Crippen molar-refractivity contribution in [1.82, 2.24) is 10.4 Å². The van der Waals surface area contributed by atoms with E-state index in [4.69, 9.17) is 0 Å². The predicted octanol–water partition coefficient (Wildman–Crippen LogP) is 3.74. The van der Waals surface area contributed by atoms with Gasteiger partial charge in [0.25, 0.3) is 0 Å². The number of thioether (sulfide) groups is 1. The van der Waals surface area contributed by atoms with E-state index in [1.54, 1.807) is 18.0 Å². The van der Waals surface area contributed by atoms with Crippen LogP contribution in [-0.2, 0) is 0 Å². The van der Waals surface area contributed by atoms with Crippen molar-refractivity contribution < 1.29 is 0 Å². The second kappa shape index (κ2) is 6.32. The Bertz CT molecular complexity index is 751. The number of pyridine rings is 1. The molecule has 0 radical (unpaired) electrons.